The summed E-state index contributed by atoms with van der Waals surface area (Å²) >= 11 is 0. The first-order valence-corrected chi connectivity index (χ1v) is 14.9. The first kappa shape index (κ1) is 33.9. The molecule has 2 atom stereocenters. The lowest BCUT2D eigenvalue weighted by atomic mass is 10.1. The number of alkyl carbamates (subject to hydrolysis) is 1. The summed E-state index contributed by atoms with van der Waals surface area (Å²) in [5.41, 5.74) is 5.18. The number of nitrogens with one attached hydrogen (secondary N) is 1. The molecule has 2 aromatic rings. The van der Waals surface area contributed by atoms with E-state index < -0.39 is 42.2 Å². The molecular formula is C31H42F2N5O7. The Hall–Kier alpha value is -3.94. The highest BCUT2D eigenvalue weighted by Gasteiger charge is 2.37. The monoisotopic (exact) mass is 634 g/mol. The van der Waals surface area contributed by atoms with Crippen molar-refractivity contribution in [3.05, 3.63) is 35.6 Å². The molecule has 1 aromatic heterocycles. The number of rotatable bonds is 12. The molecule has 2 heterocycles. The first-order chi connectivity index (χ1) is 21.1. The molecular weight excluding hydrogens is 592 g/mol. The lowest BCUT2D eigenvalue weighted by Gasteiger charge is -2.40. The van der Waals surface area contributed by atoms with Crippen LogP contribution in [0.2, 0.25) is 0 Å². The van der Waals surface area contributed by atoms with Gasteiger partial charge < -0.3 is 34.6 Å². The topological polar surface area (TPSA) is 149 Å². The number of aromatic nitrogens is 1. The SMILES string of the molecule is C[C](C)CN1CCN(C(=O)c2nc(-c3ccc(OC(F)F)c(OCC4CC4)c3)oc2[C@H](C)NC(=O)OC(C)(C)C)CC1C(N)=O. The van der Waals surface area contributed by atoms with Crippen molar-refractivity contribution in [1.29, 1.82) is 0 Å². The maximum atomic E-state index is 14.0. The summed E-state index contributed by atoms with van der Waals surface area (Å²) in [6, 6.07) is 2.67. The Morgan fingerprint density at radius 3 is 2.47 bits per heavy atom. The Morgan fingerprint density at radius 1 is 1.16 bits per heavy atom. The van der Waals surface area contributed by atoms with Gasteiger partial charge in [0.25, 0.3) is 5.91 Å². The van der Waals surface area contributed by atoms with Crippen molar-refractivity contribution >= 4 is 17.9 Å². The average Bonchev–Trinajstić information content (AvgIpc) is 3.65. The van der Waals surface area contributed by atoms with E-state index in [4.69, 9.17) is 19.6 Å². The predicted octanol–water partition coefficient (Wildman–Crippen LogP) is 4.54. The van der Waals surface area contributed by atoms with Gasteiger partial charge in [-0.25, -0.2) is 9.78 Å². The molecule has 1 aromatic carbocycles. The van der Waals surface area contributed by atoms with Crippen LogP contribution in [0, 0.1) is 11.8 Å². The van der Waals surface area contributed by atoms with Crippen LogP contribution in [-0.2, 0) is 9.53 Å². The number of carbonyl (C=O) groups is 3. The standard InChI is InChI=1S/C31H42F2N5O7/c1-17(2)14-37-11-12-38(15-21(37)26(34)39)28(40)24-25(18(3)35-30(41)45-31(4,5)6)44-27(36-24)20-9-10-22(43-29(32)33)23(13-20)42-16-19-7-8-19/h9-10,13,18-19,21,29H,7-8,11-12,14-16H2,1-6H3,(H2,34,39)(H,35,41)/t18-,21?/m0/s1. The second-order valence-corrected chi connectivity index (χ2v) is 12.7. The quantitative estimate of drug-likeness (QED) is 0.343. The number of oxazole rings is 1. The lowest BCUT2D eigenvalue weighted by molar-refractivity contribution is -0.124. The van der Waals surface area contributed by atoms with Gasteiger partial charge in [0.1, 0.15) is 11.6 Å². The smallest absolute Gasteiger partial charge is 0.408 e. The lowest BCUT2D eigenvalue weighted by Crippen LogP contribution is -2.59. The van der Waals surface area contributed by atoms with Crippen molar-refractivity contribution in [2.24, 2.45) is 11.7 Å². The maximum Gasteiger partial charge on any atom is 0.408 e. The van der Waals surface area contributed by atoms with Crippen LogP contribution >= 0.6 is 0 Å². The van der Waals surface area contributed by atoms with E-state index in [1.165, 1.54) is 23.1 Å². The number of alkyl halides is 2. The summed E-state index contributed by atoms with van der Waals surface area (Å²) in [6.45, 7) is 9.24. The van der Waals surface area contributed by atoms with Gasteiger partial charge >= 0.3 is 12.7 Å². The molecule has 1 unspecified atom stereocenters. The van der Waals surface area contributed by atoms with Gasteiger partial charge in [0.15, 0.2) is 23.0 Å². The number of halogens is 2. The van der Waals surface area contributed by atoms with Crippen molar-refractivity contribution in [2.75, 3.05) is 32.8 Å². The van der Waals surface area contributed by atoms with Crippen LogP contribution in [-0.4, -0.2) is 83.7 Å². The minimum Gasteiger partial charge on any atom is -0.489 e. The van der Waals surface area contributed by atoms with E-state index in [1.54, 1.807) is 27.7 Å². The molecule has 1 aliphatic carbocycles. The van der Waals surface area contributed by atoms with Crippen molar-refractivity contribution < 1.29 is 41.8 Å². The minimum atomic E-state index is -3.06. The molecule has 2 fully saturated rings. The predicted molar refractivity (Wildman–Crippen MR) is 160 cm³/mol. The van der Waals surface area contributed by atoms with Crippen LogP contribution in [0.1, 0.15) is 76.7 Å². The molecule has 3 N–H and O–H groups in total. The molecule has 1 radical (unpaired) electrons. The zero-order valence-electron chi connectivity index (χ0n) is 26.5. The van der Waals surface area contributed by atoms with Gasteiger partial charge in [-0.05, 0) is 70.6 Å². The van der Waals surface area contributed by atoms with Crippen molar-refractivity contribution in [3.8, 4) is 23.0 Å². The molecule has 45 heavy (non-hydrogen) atoms. The Bertz CT molecular complexity index is 1370. The Labute approximate surface area is 261 Å². The van der Waals surface area contributed by atoms with Crippen LogP contribution < -0.4 is 20.5 Å². The number of ether oxygens (including phenoxy) is 3. The number of benzene rings is 1. The van der Waals surface area contributed by atoms with E-state index in [-0.39, 0.29) is 35.4 Å². The van der Waals surface area contributed by atoms with Crippen LogP contribution in [0.4, 0.5) is 13.6 Å². The molecule has 1 aliphatic heterocycles. The average molecular weight is 635 g/mol. The van der Waals surface area contributed by atoms with Gasteiger partial charge in [-0.2, -0.15) is 8.78 Å². The van der Waals surface area contributed by atoms with Crippen LogP contribution in [0.5, 0.6) is 11.5 Å². The van der Waals surface area contributed by atoms with E-state index in [2.05, 4.69) is 15.0 Å². The van der Waals surface area contributed by atoms with Crippen molar-refractivity contribution in [2.45, 2.75) is 78.7 Å². The summed E-state index contributed by atoms with van der Waals surface area (Å²) < 4.78 is 48.1. The molecule has 0 spiro atoms. The van der Waals surface area contributed by atoms with Gasteiger partial charge in [-0.15, -0.1) is 0 Å². The van der Waals surface area contributed by atoms with Crippen molar-refractivity contribution in [1.82, 2.24) is 20.1 Å². The fourth-order valence-corrected chi connectivity index (χ4v) is 4.91. The number of nitrogens with zero attached hydrogens (tertiary/aromatic N) is 3. The first-order valence-electron chi connectivity index (χ1n) is 14.9. The molecule has 247 valence electrons. The van der Waals surface area contributed by atoms with Crippen LogP contribution in [0.25, 0.3) is 11.5 Å². The number of piperazine rings is 1. The summed E-state index contributed by atoms with van der Waals surface area (Å²) in [7, 11) is 0. The Morgan fingerprint density at radius 2 is 1.87 bits per heavy atom. The van der Waals surface area contributed by atoms with E-state index in [9.17, 15) is 23.2 Å². The Kier molecular flexibility index (Phi) is 10.6. The highest BCUT2D eigenvalue weighted by atomic mass is 19.3. The third-order valence-electron chi connectivity index (χ3n) is 7.19. The second-order valence-electron chi connectivity index (χ2n) is 12.7. The fraction of sp³-hybridized carbons (Fsp3) is 0.581. The summed E-state index contributed by atoms with van der Waals surface area (Å²) in [5, 5.41) is 2.67. The molecule has 12 nitrogen and oxygen atoms in total. The molecule has 2 aliphatic rings. The summed E-state index contributed by atoms with van der Waals surface area (Å²) in [5.74, 6) is 0.329. The molecule has 4 rings (SSSR count). The number of nitrogens with two attached hydrogens (primary N) is 1. The zero-order valence-corrected chi connectivity index (χ0v) is 26.5. The Balaban J connectivity index is 1.68. The molecule has 14 heteroatoms. The number of hydrogen-bond acceptors (Lipinski definition) is 9. The van der Waals surface area contributed by atoms with Gasteiger partial charge in [0, 0.05) is 31.7 Å². The highest BCUT2D eigenvalue weighted by molar-refractivity contribution is 5.95. The van der Waals surface area contributed by atoms with Crippen LogP contribution in [0.3, 0.4) is 0 Å². The minimum absolute atomic E-state index is 0.00708. The summed E-state index contributed by atoms with van der Waals surface area (Å²) in [6.07, 6.45) is 1.25. The van der Waals surface area contributed by atoms with Crippen LogP contribution in [0.15, 0.2) is 22.6 Å². The normalized spacial score (nSPS) is 18.2. The molecule has 3 amide bonds. The number of hydrogen-bond donors (Lipinski definition) is 2. The molecule has 1 saturated carbocycles. The third kappa shape index (κ3) is 9.28. The number of primary amides is 1. The fourth-order valence-electron chi connectivity index (χ4n) is 4.91. The maximum absolute atomic E-state index is 14.0. The molecule has 1 saturated heterocycles. The van der Waals surface area contributed by atoms with Gasteiger partial charge in [-0.1, -0.05) is 13.8 Å². The third-order valence-corrected chi connectivity index (χ3v) is 7.19. The zero-order chi connectivity index (χ0) is 33.1. The summed E-state index contributed by atoms with van der Waals surface area (Å²) in [4.78, 5) is 46.8. The van der Waals surface area contributed by atoms with Crippen molar-refractivity contribution in [3.63, 3.8) is 0 Å². The molecule has 0 bridgehead atoms. The number of amides is 3. The van der Waals surface area contributed by atoms with Gasteiger partial charge in [-0.3, -0.25) is 14.5 Å². The van der Waals surface area contributed by atoms with E-state index in [0.29, 0.717) is 37.7 Å². The van der Waals surface area contributed by atoms with E-state index in [0.717, 1.165) is 18.8 Å². The number of carbonyl (C=O) groups excluding carboxylic acids is 3. The van der Waals surface area contributed by atoms with Gasteiger partial charge in [0.2, 0.25) is 11.8 Å². The van der Waals surface area contributed by atoms with E-state index in [1.807, 2.05) is 18.7 Å². The second kappa shape index (κ2) is 14.0. The largest absolute Gasteiger partial charge is 0.489 e. The van der Waals surface area contributed by atoms with E-state index >= 15 is 0 Å². The van der Waals surface area contributed by atoms with Gasteiger partial charge in [0.05, 0.1) is 12.6 Å². The highest BCUT2D eigenvalue weighted by Crippen LogP contribution is 2.37.